The van der Waals surface area contributed by atoms with Gasteiger partial charge in [-0.2, -0.15) is 11.3 Å². The fourth-order valence-electron chi connectivity index (χ4n) is 2.94. The van der Waals surface area contributed by atoms with E-state index in [4.69, 9.17) is 4.42 Å². The van der Waals surface area contributed by atoms with E-state index in [1.54, 1.807) is 40.3 Å². The molecule has 7 heteroatoms. The van der Waals surface area contributed by atoms with Gasteiger partial charge >= 0.3 is 0 Å². The highest BCUT2D eigenvalue weighted by Gasteiger charge is 2.41. The van der Waals surface area contributed by atoms with Crippen molar-refractivity contribution in [1.29, 1.82) is 0 Å². The second-order valence-electron chi connectivity index (χ2n) is 6.46. The summed E-state index contributed by atoms with van der Waals surface area (Å²) >= 11 is 3.20. The topological polar surface area (TPSA) is 62.6 Å². The predicted octanol–water partition coefficient (Wildman–Crippen LogP) is 3.65. The zero-order valence-corrected chi connectivity index (χ0v) is 15.9. The van der Waals surface area contributed by atoms with Crippen LogP contribution in [-0.4, -0.2) is 28.5 Å². The van der Waals surface area contributed by atoms with Crippen molar-refractivity contribution >= 4 is 34.9 Å². The largest absolute Gasteiger partial charge is 0.467 e. The number of hydrogen-bond donors (Lipinski definition) is 1. The molecule has 1 N–H and O–H groups in total. The van der Waals surface area contributed by atoms with E-state index in [0.29, 0.717) is 30.4 Å². The highest BCUT2D eigenvalue weighted by Crippen LogP contribution is 2.41. The summed E-state index contributed by atoms with van der Waals surface area (Å²) in [6.45, 7) is 4.47. The van der Waals surface area contributed by atoms with E-state index in [0.717, 1.165) is 5.56 Å². The van der Waals surface area contributed by atoms with Crippen molar-refractivity contribution in [2.45, 2.75) is 38.2 Å². The van der Waals surface area contributed by atoms with Crippen LogP contribution in [0.3, 0.4) is 0 Å². The molecule has 0 spiro atoms. The number of thiophene rings is 1. The summed E-state index contributed by atoms with van der Waals surface area (Å²) in [6.07, 6.45) is 2.22. The number of furan rings is 1. The molecule has 3 rings (SSSR count). The van der Waals surface area contributed by atoms with Gasteiger partial charge in [-0.25, -0.2) is 0 Å². The van der Waals surface area contributed by atoms with E-state index in [1.807, 2.05) is 17.5 Å². The van der Waals surface area contributed by atoms with E-state index < -0.39 is 6.04 Å². The number of carbonyl (C=O) groups excluding carboxylic acids is 2. The molecule has 1 aliphatic heterocycles. The molecule has 3 heterocycles. The third kappa shape index (κ3) is 4.27. The standard InChI is InChI=1S/C18H22N2O3S2/c1-12(2)8-15(17(22)19-9-14-4-3-6-23-14)20-16(21)11-25-18(20)13-5-7-24-10-13/h3-7,10,12,15,18H,8-9,11H2,1-2H3,(H,19,22)/t15-,18+/m1/s1. The summed E-state index contributed by atoms with van der Waals surface area (Å²) < 4.78 is 5.27. The Balaban J connectivity index is 1.78. The lowest BCUT2D eigenvalue weighted by molar-refractivity contribution is -0.139. The van der Waals surface area contributed by atoms with Crippen molar-refractivity contribution < 1.29 is 14.0 Å². The molecule has 0 aliphatic carbocycles. The van der Waals surface area contributed by atoms with Gasteiger partial charge in [-0.1, -0.05) is 13.8 Å². The van der Waals surface area contributed by atoms with Crippen molar-refractivity contribution in [1.82, 2.24) is 10.2 Å². The second kappa shape index (κ2) is 8.10. The average Bonchev–Trinajstić information content (AvgIpc) is 3.31. The van der Waals surface area contributed by atoms with Crippen molar-refractivity contribution in [2.75, 3.05) is 5.75 Å². The number of nitrogens with one attached hydrogen (secondary N) is 1. The minimum absolute atomic E-state index is 0.0278. The Morgan fingerprint density at radius 1 is 1.44 bits per heavy atom. The van der Waals surface area contributed by atoms with Crippen LogP contribution in [0.25, 0.3) is 0 Å². The normalized spacial score (nSPS) is 18.8. The van der Waals surface area contributed by atoms with Gasteiger partial charge in [0.2, 0.25) is 11.8 Å². The van der Waals surface area contributed by atoms with Gasteiger partial charge in [-0.05, 0) is 46.9 Å². The molecule has 2 atom stereocenters. The van der Waals surface area contributed by atoms with Gasteiger partial charge in [0.1, 0.15) is 17.2 Å². The predicted molar refractivity (Wildman–Crippen MR) is 100 cm³/mol. The number of rotatable bonds is 7. The van der Waals surface area contributed by atoms with E-state index >= 15 is 0 Å². The third-order valence-corrected chi connectivity index (χ3v) is 6.01. The lowest BCUT2D eigenvalue weighted by Crippen LogP contribution is -2.49. The zero-order valence-electron chi connectivity index (χ0n) is 14.3. The molecule has 134 valence electrons. The fourth-order valence-corrected chi connectivity index (χ4v) is 4.92. The van der Waals surface area contributed by atoms with Crippen LogP contribution < -0.4 is 5.32 Å². The number of nitrogens with zero attached hydrogens (tertiary/aromatic N) is 1. The summed E-state index contributed by atoms with van der Waals surface area (Å²) in [5, 5.41) is 6.89. The first-order valence-electron chi connectivity index (χ1n) is 8.31. The maximum atomic E-state index is 12.9. The Morgan fingerprint density at radius 2 is 2.28 bits per heavy atom. The molecule has 25 heavy (non-hydrogen) atoms. The van der Waals surface area contributed by atoms with Crippen LogP contribution >= 0.6 is 23.1 Å². The maximum Gasteiger partial charge on any atom is 0.243 e. The molecule has 0 saturated carbocycles. The Labute approximate surface area is 155 Å². The highest BCUT2D eigenvalue weighted by atomic mass is 32.2. The molecule has 0 unspecified atom stereocenters. The summed E-state index contributed by atoms with van der Waals surface area (Å²) in [6, 6.07) is 5.17. The molecule has 0 aromatic carbocycles. The smallest absolute Gasteiger partial charge is 0.243 e. The number of amides is 2. The highest BCUT2D eigenvalue weighted by molar-refractivity contribution is 8.00. The van der Waals surface area contributed by atoms with Crippen LogP contribution in [0, 0.1) is 5.92 Å². The fraction of sp³-hybridized carbons (Fsp3) is 0.444. The van der Waals surface area contributed by atoms with Crippen LogP contribution in [0.2, 0.25) is 0 Å². The van der Waals surface area contributed by atoms with Crippen LogP contribution in [0.15, 0.2) is 39.6 Å². The lowest BCUT2D eigenvalue weighted by atomic mass is 10.0. The molecule has 1 saturated heterocycles. The molecule has 2 aromatic heterocycles. The summed E-state index contributed by atoms with van der Waals surface area (Å²) in [4.78, 5) is 27.2. The van der Waals surface area contributed by atoms with Crippen LogP contribution in [0.5, 0.6) is 0 Å². The average molecular weight is 379 g/mol. The summed E-state index contributed by atoms with van der Waals surface area (Å²) in [7, 11) is 0. The molecule has 2 amide bonds. The summed E-state index contributed by atoms with van der Waals surface area (Å²) in [5.74, 6) is 1.33. The molecule has 2 aromatic rings. The molecule has 1 aliphatic rings. The Kier molecular flexibility index (Phi) is 5.86. The second-order valence-corrected chi connectivity index (χ2v) is 8.31. The third-order valence-electron chi connectivity index (χ3n) is 4.08. The molecule has 1 fully saturated rings. The van der Waals surface area contributed by atoms with Gasteiger partial charge in [-0.3, -0.25) is 9.59 Å². The molecule has 0 bridgehead atoms. The van der Waals surface area contributed by atoms with Crippen molar-refractivity contribution in [3.8, 4) is 0 Å². The molecular weight excluding hydrogens is 356 g/mol. The van der Waals surface area contributed by atoms with E-state index in [2.05, 4.69) is 24.5 Å². The van der Waals surface area contributed by atoms with Gasteiger partial charge in [-0.15, -0.1) is 11.8 Å². The van der Waals surface area contributed by atoms with Gasteiger partial charge in [0.25, 0.3) is 0 Å². The van der Waals surface area contributed by atoms with Crippen molar-refractivity contribution in [3.63, 3.8) is 0 Å². The SMILES string of the molecule is CC(C)C[C@H](C(=O)NCc1ccco1)N1C(=O)CS[C@H]1c1ccsc1. The van der Waals surface area contributed by atoms with Crippen LogP contribution in [-0.2, 0) is 16.1 Å². The van der Waals surface area contributed by atoms with Crippen LogP contribution in [0.1, 0.15) is 37.0 Å². The minimum Gasteiger partial charge on any atom is -0.467 e. The quantitative estimate of drug-likeness (QED) is 0.799. The first-order chi connectivity index (χ1) is 12.1. The minimum atomic E-state index is -0.470. The van der Waals surface area contributed by atoms with Gasteiger partial charge in [0, 0.05) is 0 Å². The van der Waals surface area contributed by atoms with E-state index in [-0.39, 0.29) is 17.2 Å². The molecule has 5 nitrogen and oxygen atoms in total. The monoisotopic (exact) mass is 378 g/mol. The van der Waals surface area contributed by atoms with Crippen LogP contribution in [0.4, 0.5) is 0 Å². The number of carbonyl (C=O) groups is 2. The van der Waals surface area contributed by atoms with Gasteiger partial charge in [0.05, 0.1) is 18.6 Å². The summed E-state index contributed by atoms with van der Waals surface area (Å²) in [5.41, 5.74) is 1.09. The maximum absolute atomic E-state index is 12.9. The zero-order chi connectivity index (χ0) is 17.8. The van der Waals surface area contributed by atoms with E-state index in [1.165, 1.54) is 0 Å². The van der Waals surface area contributed by atoms with E-state index in [9.17, 15) is 9.59 Å². The Morgan fingerprint density at radius 3 is 2.92 bits per heavy atom. The first-order valence-corrected chi connectivity index (χ1v) is 10.3. The Hall–Kier alpha value is -1.73. The number of thioether (sulfide) groups is 1. The molecular formula is C18H22N2O3S2. The van der Waals surface area contributed by atoms with Gasteiger partial charge < -0.3 is 14.6 Å². The van der Waals surface area contributed by atoms with Crippen molar-refractivity contribution in [3.05, 3.63) is 46.5 Å². The Bertz CT molecular complexity index is 698. The van der Waals surface area contributed by atoms with Crippen molar-refractivity contribution in [2.24, 2.45) is 5.92 Å². The van der Waals surface area contributed by atoms with Gasteiger partial charge in [0.15, 0.2) is 0 Å². The molecule has 0 radical (unpaired) electrons. The first kappa shape index (κ1) is 18.1. The number of hydrogen-bond acceptors (Lipinski definition) is 5. The lowest BCUT2D eigenvalue weighted by Gasteiger charge is -2.32.